The Labute approximate surface area is 189 Å². The number of hydrogen-bond acceptors (Lipinski definition) is 5. The number of nitrogens with one attached hydrogen (secondary N) is 2. The van der Waals surface area contributed by atoms with E-state index >= 15 is 0 Å². The number of nitrogens with zero attached hydrogens (tertiary/aromatic N) is 3. The van der Waals surface area contributed by atoms with Crippen LogP contribution in [0.15, 0.2) is 35.6 Å². The Kier molecular flexibility index (Phi) is 10.2. The van der Waals surface area contributed by atoms with Crippen molar-refractivity contribution in [2.45, 2.75) is 32.9 Å². The van der Waals surface area contributed by atoms with Crippen LogP contribution >= 0.6 is 24.0 Å². The zero-order valence-electron chi connectivity index (χ0n) is 17.7. The second kappa shape index (κ2) is 11.9. The Morgan fingerprint density at radius 2 is 2.03 bits per heavy atom. The molecule has 2 rings (SSSR count). The molecular weight excluding hydrogens is 485 g/mol. The fourth-order valence-electron chi connectivity index (χ4n) is 2.65. The monoisotopic (exact) mass is 517 g/mol. The Hall–Kier alpha value is -2.01. The van der Waals surface area contributed by atoms with Crippen molar-refractivity contribution in [3.63, 3.8) is 0 Å². The lowest BCUT2D eigenvalue weighted by Gasteiger charge is -2.23. The number of benzene rings is 1. The number of methoxy groups -OCH3 is 1. The first-order chi connectivity index (χ1) is 13.4. The van der Waals surface area contributed by atoms with Crippen LogP contribution in [0.1, 0.15) is 31.9 Å². The first-order valence-corrected chi connectivity index (χ1v) is 9.43. The van der Waals surface area contributed by atoms with Gasteiger partial charge in [0.15, 0.2) is 17.5 Å². The molecule has 1 unspecified atom stereocenters. The van der Waals surface area contributed by atoms with Crippen molar-refractivity contribution in [1.82, 2.24) is 20.4 Å². The summed E-state index contributed by atoms with van der Waals surface area (Å²) in [5, 5.41) is 21.2. The topological polar surface area (TPSA) is 92.9 Å². The Morgan fingerprint density at radius 1 is 1.28 bits per heavy atom. The molecule has 0 amide bonds. The van der Waals surface area contributed by atoms with E-state index in [1.54, 1.807) is 31.1 Å². The van der Waals surface area contributed by atoms with Crippen LogP contribution in [-0.4, -0.2) is 47.7 Å². The molecule has 29 heavy (non-hydrogen) atoms. The van der Waals surface area contributed by atoms with Crippen LogP contribution in [-0.2, 0) is 19.2 Å². The van der Waals surface area contributed by atoms with Crippen molar-refractivity contribution < 1.29 is 14.6 Å². The molecule has 8 nitrogen and oxygen atoms in total. The Morgan fingerprint density at radius 3 is 2.62 bits per heavy atom. The molecule has 1 heterocycles. The predicted octanol–water partition coefficient (Wildman–Crippen LogP) is 2.41. The van der Waals surface area contributed by atoms with Gasteiger partial charge in [-0.3, -0.25) is 4.68 Å². The summed E-state index contributed by atoms with van der Waals surface area (Å²) >= 11 is 0. The van der Waals surface area contributed by atoms with Gasteiger partial charge >= 0.3 is 0 Å². The van der Waals surface area contributed by atoms with Gasteiger partial charge in [-0.25, -0.2) is 4.99 Å². The Balaban J connectivity index is 0.00000420. The molecule has 0 radical (unpaired) electrons. The molecule has 1 aromatic carbocycles. The first kappa shape index (κ1) is 25.0. The molecule has 1 aromatic heterocycles. The summed E-state index contributed by atoms with van der Waals surface area (Å²) < 4.78 is 12.6. The molecule has 0 aliphatic carbocycles. The number of aliphatic imine (C=N–C) groups is 1. The largest absolute Gasteiger partial charge is 0.493 e. The van der Waals surface area contributed by atoms with E-state index in [2.05, 4.69) is 20.7 Å². The predicted molar refractivity (Wildman–Crippen MR) is 125 cm³/mol. The molecule has 9 heteroatoms. The first-order valence-electron chi connectivity index (χ1n) is 9.43. The van der Waals surface area contributed by atoms with Crippen molar-refractivity contribution >= 4 is 29.9 Å². The maximum absolute atomic E-state index is 10.7. The smallest absolute Gasteiger partial charge is 0.191 e. The normalized spacial score (nSPS) is 13.2. The molecule has 0 bridgehead atoms. The fraction of sp³-hybridized carbons (Fsp3) is 0.500. The van der Waals surface area contributed by atoms with Crippen LogP contribution in [0, 0.1) is 0 Å². The van der Waals surface area contributed by atoms with Crippen molar-refractivity contribution in [3.05, 3.63) is 41.7 Å². The maximum Gasteiger partial charge on any atom is 0.191 e. The average Bonchev–Trinajstić information content (AvgIpc) is 3.12. The molecule has 0 saturated heterocycles. The maximum atomic E-state index is 10.7. The number of halogens is 1. The summed E-state index contributed by atoms with van der Waals surface area (Å²) in [6.07, 6.45) is 3.47. The molecule has 0 aliphatic heterocycles. The molecule has 0 spiro atoms. The van der Waals surface area contributed by atoms with Crippen molar-refractivity contribution in [2.75, 3.05) is 26.8 Å². The number of hydrogen-bond donors (Lipinski definition) is 3. The van der Waals surface area contributed by atoms with Crippen LogP contribution < -0.4 is 20.1 Å². The number of rotatable bonds is 9. The third-order valence-electron chi connectivity index (χ3n) is 4.22. The SMILES string of the molecule is CCNC(=NCc1ccc(OCC)c(OC)c1)NCC(C)(O)c1cnn(C)c1.I. The lowest BCUT2D eigenvalue weighted by Crippen LogP contribution is -2.44. The number of aromatic nitrogens is 2. The molecular formula is C20H32IN5O3. The quantitative estimate of drug-likeness (QED) is 0.269. The van der Waals surface area contributed by atoms with Crippen LogP contribution in [0.5, 0.6) is 11.5 Å². The lowest BCUT2D eigenvalue weighted by atomic mass is 10.00. The molecule has 0 fully saturated rings. The van der Waals surface area contributed by atoms with Gasteiger partial charge in [0.2, 0.25) is 0 Å². The van der Waals surface area contributed by atoms with Gasteiger partial charge < -0.3 is 25.2 Å². The highest BCUT2D eigenvalue weighted by atomic mass is 127. The number of guanidine groups is 1. The number of aliphatic hydroxyl groups is 1. The van der Waals surface area contributed by atoms with Gasteiger partial charge in [0.1, 0.15) is 5.60 Å². The summed E-state index contributed by atoms with van der Waals surface area (Å²) in [5.74, 6) is 2.03. The third kappa shape index (κ3) is 7.39. The summed E-state index contributed by atoms with van der Waals surface area (Å²) in [4.78, 5) is 4.60. The average molecular weight is 517 g/mol. The molecule has 3 N–H and O–H groups in total. The molecule has 1 atom stereocenters. The van der Waals surface area contributed by atoms with Crippen LogP contribution in [0.4, 0.5) is 0 Å². The van der Waals surface area contributed by atoms with Crippen molar-refractivity contribution in [2.24, 2.45) is 12.0 Å². The van der Waals surface area contributed by atoms with Gasteiger partial charge in [-0.1, -0.05) is 6.07 Å². The van der Waals surface area contributed by atoms with E-state index in [9.17, 15) is 5.11 Å². The van der Waals surface area contributed by atoms with E-state index in [-0.39, 0.29) is 24.0 Å². The highest BCUT2D eigenvalue weighted by Crippen LogP contribution is 2.28. The molecule has 2 aromatic rings. The molecule has 0 saturated carbocycles. The molecule has 162 valence electrons. The molecule has 0 aliphatic rings. The summed E-state index contributed by atoms with van der Waals surface area (Å²) in [6, 6.07) is 5.77. The second-order valence-corrected chi connectivity index (χ2v) is 6.64. The third-order valence-corrected chi connectivity index (χ3v) is 4.22. The van der Waals surface area contributed by atoms with Gasteiger partial charge in [-0.2, -0.15) is 5.10 Å². The van der Waals surface area contributed by atoms with E-state index < -0.39 is 5.60 Å². The minimum Gasteiger partial charge on any atom is -0.493 e. The van der Waals surface area contributed by atoms with Crippen LogP contribution in [0.25, 0.3) is 0 Å². The summed E-state index contributed by atoms with van der Waals surface area (Å²) in [7, 11) is 3.45. The summed E-state index contributed by atoms with van der Waals surface area (Å²) in [6.45, 7) is 7.75. The van der Waals surface area contributed by atoms with E-state index in [4.69, 9.17) is 9.47 Å². The van der Waals surface area contributed by atoms with E-state index in [1.165, 1.54) is 0 Å². The zero-order chi connectivity index (χ0) is 20.6. The minimum absolute atomic E-state index is 0. The van der Waals surface area contributed by atoms with Crippen molar-refractivity contribution in [3.8, 4) is 11.5 Å². The van der Waals surface area contributed by atoms with E-state index in [0.29, 0.717) is 38.0 Å². The highest BCUT2D eigenvalue weighted by molar-refractivity contribution is 14.0. The van der Waals surface area contributed by atoms with Gasteiger partial charge in [-0.15, -0.1) is 24.0 Å². The number of aryl methyl sites for hydroxylation is 1. The van der Waals surface area contributed by atoms with Gasteiger partial charge in [0.05, 0.1) is 33.0 Å². The Bertz CT molecular complexity index is 792. The second-order valence-electron chi connectivity index (χ2n) is 6.64. The van der Waals surface area contributed by atoms with Gasteiger partial charge in [0.25, 0.3) is 0 Å². The minimum atomic E-state index is -1.06. The van der Waals surface area contributed by atoms with Crippen LogP contribution in [0.3, 0.4) is 0 Å². The fourth-order valence-corrected chi connectivity index (χ4v) is 2.65. The van der Waals surface area contributed by atoms with E-state index in [0.717, 1.165) is 16.9 Å². The highest BCUT2D eigenvalue weighted by Gasteiger charge is 2.25. The number of ether oxygens (including phenoxy) is 2. The zero-order valence-corrected chi connectivity index (χ0v) is 20.1. The summed E-state index contributed by atoms with van der Waals surface area (Å²) in [5.41, 5.74) is 0.679. The van der Waals surface area contributed by atoms with Crippen LogP contribution in [0.2, 0.25) is 0 Å². The van der Waals surface area contributed by atoms with Gasteiger partial charge in [0, 0.05) is 25.4 Å². The lowest BCUT2D eigenvalue weighted by molar-refractivity contribution is 0.0616. The van der Waals surface area contributed by atoms with E-state index in [1.807, 2.05) is 39.1 Å². The van der Waals surface area contributed by atoms with Crippen molar-refractivity contribution in [1.29, 1.82) is 0 Å². The standard InChI is InChI=1S/C20H31N5O3.HI/c1-6-21-19(23-14-20(3,26)16-12-24-25(4)13-16)22-11-15-8-9-17(28-7-2)18(10-15)27-5;/h8-10,12-13,26H,6-7,11,14H2,1-5H3,(H2,21,22,23);1H. The van der Waals surface area contributed by atoms with Gasteiger partial charge in [-0.05, 0) is 38.5 Å².